The molecule has 0 atom stereocenters. The number of anilines is 1. The standard InChI is InChI=1S/C22H25FN2O/c23-20-9-7-17(8-10-20)16-24-14-11-19(12-15-24)22(26)25-13-3-5-18-4-1-2-6-21(18)25/h1-2,4,6-10,19H,3,5,11-16H2. The minimum absolute atomic E-state index is 0.116. The smallest absolute Gasteiger partial charge is 0.230 e. The Morgan fingerprint density at radius 3 is 2.50 bits per heavy atom. The lowest BCUT2D eigenvalue weighted by Crippen LogP contribution is -2.44. The second-order valence-electron chi connectivity index (χ2n) is 7.40. The summed E-state index contributed by atoms with van der Waals surface area (Å²) in [4.78, 5) is 17.5. The second kappa shape index (κ2) is 7.58. The van der Waals surface area contributed by atoms with Gasteiger partial charge in [-0.1, -0.05) is 30.3 Å². The number of hydrogen-bond acceptors (Lipinski definition) is 2. The highest BCUT2D eigenvalue weighted by Gasteiger charge is 2.31. The number of likely N-dealkylation sites (tertiary alicyclic amines) is 1. The van der Waals surface area contributed by atoms with Gasteiger partial charge in [0.2, 0.25) is 5.91 Å². The summed E-state index contributed by atoms with van der Waals surface area (Å²) in [7, 11) is 0. The lowest BCUT2D eigenvalue weighted by Gasteiger charge is -2.36. The maximum Gasteiger partial charge on any atom is 0.230 e. The van der Waals surface area contributed by atoms with Gasteiger partial charge in [0.05, 0.1) is 0 Å². The van der Waals surface area contributed by atoms with E-state index in [9.17, 15) is 9.18 Å². The third-order valence-corrected chi connectivity index (χ3v) is 5.63. The van der Waals surface area contributed by atoms with Crippen molar-refractivity contribution >= 4 is 11.6 Å². The highest BCUT2D eigenvalue weighted by Crippen LogP contribution is 2.30. The van der Waals surface area contributed by atoms with Crippen LogP contribution in [0.1, 0.15) is 30.4 Å². The predicted octanol–water partition coefficient (Wildman–Crippen LogP) is 4.02. The SMILES string of the molecule is O=C(C1CCN(Cc2ccc(F)cc2)CC1)N1CCCc2ccccc21. The van der Waals surface area contributed by atoms with E-state index >= 15 is 0 Å². The zero-order valence-electron chi connectivity index (χ0n) is 15.0. The van der Waals surface area contributed by atoms with Gasteiger partial charge in [-0.3, -0.25) is 9.69 Å². The topological polar surface area (TPSA) is 23.6 Å². The predicted molar refractivity (Wildman–Crippen MR) is 102 cm³/mol. The fraction of sp³-hybridized carbons (Fsp3) is 0.409. The highest BCUT2D eigenvalue weighted by molar-refractivity contribution is 5.96. The van der Waals surface area contributed by atoms with Crippen LogP contribution in [0.5, 0.6) is 0 Å². The molecule has 0 radical (unpaired) electrons. The van der Waals surface area contributed by atoms with Crippen molar-refractivity contribution in [1.29, 1.82) is 0 Å². The summed E-state index contributed by atoms with van der Waals surface area (Å²) in [5, 5.41) is 0. The molecule has 1 saturated heterocycles. The number of amides is 1. The molecule has 0 aliphatic carbocycles. The van der Waals surface area contributed by atoms with E-state index in [0.717, 1.165) is 63.1 Å². The van der Waals surface area contributed by atoms with Crippen molar-refractivity contribution in [3.63, 3.8) is 0 Å². The number of carbonyl (C=O) groups excluding carboxylic acids is 1. The first-order valence-electron chi connectivity index (χ1n) is 9.57. The summed E-state index contributed by atoms with van der Waals surface area (Å²) in [6.45, 7) is 3.51. The molecule has 26 heavy (non-hydrogen) atoms. The zero-order chi connectivity index (χ0) is 17.9. The summed E-state index contributed by atoms with van der Waals surface area (Å²) in [5.74, 6) is 0.212. The number of rotatable bonds is 3. The Kier molecular flexibility index (Phi) is 5.02. The average Bonchev–Trinajstić information content (AvgIpc) is 2.69. The van der Waals surface area contributed by atoms with E-state index in [2.05, 4.69) is 23.1 Å². The van der Waals surface area contributed by atoms with Crippen LogP contribution < -0.4 is 4.90 Å². The van der Waals surface area contributed by atoms with Crippen LogP contribution >= 0.6 is 0 Å². The number of halogens is 1. The van der Waals surface area contributed by atoms with Crippen molar-refractivity contribution in [2.45, 2.75) is 32.2 Å². The van der Waals surface area contributed by atoms with Crippen LogP contribution in [0.2, 0.25) is 0 Å². The molecule has 2 aromatic rings. The van der Waals surface area contributed by atoms with E-state index in [1.54, 1.807) is 0 Å². The fourth-order valence-corrected chi connectivity index (χ4v) is 4.17. The molecule has 0 spiro atoms. The molecular weight excluding hydrogens is 327 g/mol. The monoisotopic (exact) mass is 352 g/mol. The summed E-state index contributed by atoms with van der Waals surface area (Å²) in [6.07, 6.45) is 3.92. The number of carbonyl (C=O) groups is 1. The molecular formula is C22H25FN2O. The maximum atomic E-state index is 13.1. The van der Waals surface area contributed by atoms with Gasteiger partial charge in [-0.25, -0.2) is 4.39 Å². The Morgan fingerprint density at radius 1 is 1.00 bits per heavy atom. The molecule has 4 rings (SSSR count). The molecule has 2 aliphatic rings. The normalized spacial score (nSPS) is 18.6. The molecule has 2 heterocycles. The van der Waals surface area contributed by atoms with E-state index in [1.807, 2.05) is 23.1 Å². The number of aryl methyl sites for hydroxylation is 1. The van der Waals surface area contributed by atoms with Crippen molar-refractivity contribution in [3.05, 3.63) is 65.5 Å². The third kappa shape index (κ3) is 3.65. The fourth-order valence-electron chi connectivity index (χ4n) is 4.17. The zero-order valence-corrected chi connectivity index (χ0v) is 15.0. The van der Waals surface area contributed by atoms with Crippen molar-refractivity contribution < 1.29 is 9.18 Å². The van der Waals surface area contributed by atoms with E-state index < -0.39 is 0 Å². The number of benzene rings is 2. The Labute approximate surface area is 154 Å². The molecule has 2 aromatic carbocycles. The van der Waals surface area contributed by atoms with Crippen LogP contribution in [0.15, 0.2) is 48.5 Å². The number of piperidine rings is 1. The van der Waals surface area contributed by atoms with Crippen LogP contribution in [-0.2, 0) is 17.8 Å². The Bertz CT molecular complexity index is 766. The van der Waals surface area contributed by atoms with Gasteiger partial charge in [0.15, 0.2) is 0 Å². The Morgan fingerprint density at radius 2 is 1.73 bits per heavy atom. The summed E-state index contributed by atoms with van der Waals surface area (Å²) < 4.78 is 13.0. The van der Waals surface area contributed by atoms with Crippen molar-refractivity contribution in [3.8, 4) is 0 Å². The minimum Gasteiger partial charge on any atom is -0.312 e. The first kappa shape index (κ1) is 17.2. The molecule has 3 nitrogen and oxygen atoms in total. The van der Waals surface area contributed by atoms with Crippen molar-refractivity contribution in [2.24, 2.45) is 5.92 Å². The Balaban J connectivity index is 1.36. The number of fused-ring (bicyclic) bond motifs is 1. The minimum atomic E-state index is -0.195. The van der Waals surface area contributed by atoms with E-state index in [4.69, 9.17) is 0 Å². The Hall–Kier alpha value is -2.20. The molecule has 1 amide bonds. The second-order valence-corrected chi connectivity index (χ2v) is 7.40. The van der Waals surface area contributed by atoms with Gasteiger partial charge in [-0.05, 0) is 68.1 Å². The quantitative estimate of drug-likeness (QED) is 0.833. The number of nitrogens with zero attached hydrogens (tertiary/aromatic N) is 2. The van der Waals surface area contributed by atoms with E-state index in [1.165, 1.54) is 17.7 Å². The maximum absolute atomic E-state index is 13.1. The highest BCUT2D eigenvalue weighted by atomic mass is 19.1. The molecule has 1 fully saturated rings. The van der Waals surface area contributed by atoms with Crippen LogP contribution in [-0.4, -0.2) is 30.4 Å². The van der Waals surface area contributed by atoms with Crippen LogP contribution in [0.4, 0.5) is 10.1 Å². The first-order chi connectivity index (χ1) is 12.7. The number of para-hydroxylation sites is 1. The average molecular weight is 352 g/mol. The van der Waals surface area contributed by atoms with E-state index in [-0.39, 0.29) is 11.7 Å². The van der Waals surface area contributed by atoms with Crippen LogP contribution in [0, 0.1) is 11.7 Å². The molecule has 0 saturated carbocycles. The molecule has 4 heteroatoms. The molecule has 2 aliphatic heterocycles. The summed E-state index contributed by atoms with van der Waals surface area (Å²) in [6, 6.07) is 15.0. The molecule has 0 N–H and O–H groups in total. The molecule has 0 bridgehead atoms. The van der Waals surface area contributed by atoms with Gasteiger partial charge < -0.3 is 4.90 Å². The van der Waals surface area contributed by atoms with Gasteiger partial charge in [0.25, 0.3) is 0 Å². The van der Waals surface area contributed by atoms with Gasteiger partial charge in [0, 0.05) is 24.7 Å². The van der Waals surface area contributed by atoms with Gasteiger partial charge in [0.1, 0.15) is 5.82 Å². The number of hydrogen-bond donors (Lipinski definition) is 0. The van der Waals surface area contributed by atoms with Crippen molar-refractivity contribution in [2.75, 3.05) is 24.5 Å². The third-order valence-electron chi connectivity index (χ3n) is 5.63. The molecule has 0 aromatic heterocycles. The van der Waals surface area contributed by atoms with Crippen LogP contribution in [0.3, 0.4) is 0 Å². The molecule has 136 valence electrons. The van der Waals surface area contributed by atoms with Crippen LogP contribution in [0.25, 0.3) is 0 Å². The lowest BCUT2D eigenvalue weighted by atomic mass is 9.93. The summed E-state index contributed by atoms with van der Waals surface area (Å²) in [5.41, 5.74) is 3.53. The van der Waals surface area contributed by atoms with Gasteiger partial charge >= 0.3 is 0 Å². The van der Waals surface area contributed by atoms with Gasteiger partial charge in [-0.15, -0.1) is 0 Å². The lowest BCUT2D eigenvalue weighted by molar-refractivity contribution is -0.123. The summed E-state index contributed by atoms with van der Waals surface area (Å²) >= 11 is 0. The van der Waals surface area contributed by atoms with Gasteiger partial charge in [-0.2, -0.15) is 0 Å². The largest absolute Gasteiger partial charge is 0.312 e. The van der Waals surface area contributed by atoms with E-state index in [0.29, 0.717) is 5.91 Å². The van der Waals surface area contributed by atoms with Crippen molar-refractivity contribution in [1.82, 2.24) is 4.90 Å². The first-order valence-corrected chi connectivity index (χ1v) is 9.57. The molecule has 0 unspecified atom stereocenters.